The molecule has 2 atom stereocenters. The Bertz CT molecular complexity index is 631. The lowest BCUT2D eigenvalue weighted by molar-refractivity contribution is -0.141. The second-order valence-corrected chi connectivity index (χ2v) is 8.93. The lowest BCUT2D eigenvalue weighted by Gasteiger charge is -2.42. The first kappa shape index (κ1) is 14.3. The number of hydrogen-bond acceptors (Lipinski definition) is 2. The minimum absolute atomic E-state index is 0.181. The molecule has 1 amide bonds. The Balaban J connectivity index is 1.47. The van der Waals surface area contributed by atoms with Gasteiger partial charge >= 0.3 is 0 Å². The van der Waals surface area contributed by atoms with Gasteiger partial charge in [-0.1, -0.05) is 30.1 Å². The van der Waals surface area contributed by atoms with Gasteiger partial charge < -0.3 is 4.90 Å². The minimum atomic E-state index is -0.181. The van der Waals surface area contributed by atoms with Crippen molar-refractivity contribution in [2.75, 3.05) is 0 Å². The Morgan fingerprint density at radius 1 is 1.09 bits per heavy atom. The normalized spacial score (nSPS) is 31.7. The number of rotatable bonds is 2. The molecule has 0 aromatic carbocycles. The van der Waals surface area contributed by atoms with Crippen LogP contribution in [0.1, 0.15) is 69.1 Å². The third-order valence-corrected chi connectivity index (χ3v) is 7.75. The molecule has 3 heterocycles. The van der Waals surface area contributed by atoms with Gasteiger partial charge in [-0.2, -0.15) is 0 Å². The molecular weight excluding hydrogens is 302 g/mol. The highest BCUT2D eigenvalue weighted by molar-refractivity contribution is 7.10. The van der Waals surface area contributed by atoms with Crippen LogP contribution in [0.25, 0.3) is 0 Å². The average molecular weight is 327 g/mol. The van der Waals surface area contributed by atoms with E-state index in [0.29, 0.717) is 18.0 Å². The van der Waals surface area contributed by atoms with Gasteiger partial charge in [0.1, 0.15) is 0 Å². The van der Waals surface area contributed by atoms with Crippen LogP contribution in [0.15, 0.2) is 28.7 Å². The van der Waals surface area contributed by atoms with Crippen LogP contribution in [0.5, 0.6) is 0 Å². The van der Waals surface area contributed by atoms with Crippen LogP contribution in [0, 0.1) is 0 Å². The van der Waals surface area contributed by atoms with Crippen molar-refractivity contribution in [3.63, 3.8) is 0 Å². The summed E-state index contributed by atoms with van der Waals surface area (Å²) in [5.41, 5.74) is 3.26. The van der Waals surface area contributed by atoms with E-state index in [1.54, 1.807) is 22.5 Å². The summed E-state index contributed by atoms with van der Waals surface area (Å²) in [5, 5.41) is 2.14. The summed E-state index contributed by atoms with van der Waals surface area (Å²) in [6.45, 7) is 0. The smallest absolute Gasteiger partial charge is 0.234 e. The van der Waals surface area contributed by atoms with Gasteiger partial charge in [0.15, 0.2) is 0 Å². The molecule has 2 bridgehead atoms. The summed E-state index contributed by atoms with van der Waals surface area (Å²) < 4.78 is 0. The molecule has 3 heteroatoms. The maximum atomic E-state index is 13.7. The van der Waals surface area contributed by atoms with E-state index in [9.17, 15) is 4.79 Å². The van der Waals surface area contributed by atoms with Crippen molar-refractivity contribution in [1.82, 2.24) is 4.90 Å². The van der Waals surface area contributed by atoms with Gasteiger partial charge in [-0.3, -0.25) is 4.79 Å². The van der Waals surface area contributed by atoms with Gasteiger partial charge in [0.25, 0.3) is 0 Å². The first-order valence-electron chi connectivity index (χ1n) is 9.34. The molecule has 0 radical (unpaired) electrons. The highest BCUT2D eigenvalue weighted by Crippen LogP contribution is 2.50. The molecule has 0 N–H and O–H groups in total. The number of allylic oxidation sites excluding steroid dienone is 1. The van der Waals surface area contributed by atoms with Crippen molar-refractivity contribution in [3.05, 3.63) is 33.5 Å². The molecule has 2 unspecified atom stereocenters. The molecule has 2 aliphatic heterocycles. The first-order chi connectivity index (χ1) is 11.3. The second-order valence-electron chi connectivity index (χ2n) is 7.98. The van der Waals surface area contributed by atoms with Crippen LogP contribution >= 0.6 is 11.3 Å². The van der Waals surface area contributed by atoms with E-state index in [1.165, 1.54) is 56.2 Å². The van der Waals surface area contributed by atoms with Gasteiger partial charge in [0.05, 0.1) is 5.41 Å². The van der Waals surface area contributed by atoms with Gasteiger partial charge in [-0.15, -0.1) is 11.3 Å². The van der Waals surface area contributed by atoms with Gasteiger partial charge in [-0.25, -0.2) is 0 Å². The van der Waals surface area contributed by atoms with Crippen LogP contribution in [-0.2, 0) is 10.2 Å². The summed E-state index contributed by atoms with van der Waals surface area (Å²) in [6.07, 6.45) is 12.0. The minimum Gasteiger partial charge on any atom is -0.335 e. The number of nitrogens with zero attached hydrogens (tertiary/aromatic N) is 1. The van der Waals surface area contributed by atoms with Crippen LogP contribution in [-0.4, -0.2) is 22.9 Å². The highest BCUT2D eigenvalue weighted by atomic mass is 32.1. The molecule has 4 fully saturated rings. The maximum absolute atomic E-state index is 13.7. The number of fused-ring (bicyclic) bond motifs is 2. The van der Waals surface area contributed by atoms with E-state index in [-0.39, 0.29) is 5.41 Å². The predicted octanol–water partition coefficient (Wildman–Crippen LogP) is 4.80. The standard InChI is InChI=1S/C20H25NOS/c22-19(20(9-1-2-10-20)18-4-3-11-23-18)21-16-7-8-17(21)13-15(12-16)14-5-6-14/h3-4,11,16-17H,1-2,5-10,12-13H2. The number of thiophene rings is 1. The summed E-state index contributed by atoms with van der Waals surface area (Å²) in [6, 6.07) is 5.33. The highest BCUT2D eigenvalue weighted by Gasteiger charge is 2.51. The zero-order chi connectivity index (χ0) is 15.4. The molecule has 1 aromatic rings. The van der Waals surface area contributed by atoms with Crippen molar-refractivity contribution >= 4 is 17.2 Å². The quantitative estimate of drug-likeness (QED) is 0.714. The Kier molecular flexibility index (Phi) is 3.23. The van der Waals surface area contributed by atoms with Crippen LogP contribution < -0.4 is 0 Å². The summed E-state index contributed by atoms with van der Waals surface area (Å²) in [4.78, 5) is 17.4. The molecule has 1 aromatic heterocycles. The van der Waals surface area contributed by atoms with Crippen LogP contribution in [0.2, 0.25) is 0 Å². The van der Waals surface area contributed by atoms with Gasteiger partial charge in [-0.05, 0) is 62.8 Å². The molecular formula is C20H25NOS. The second kappa shape index (κ2) is 5.20. The van der Waals surface area contributed by atoms with E-state index in [2.05, 4.69) is 22.4 Å². The predicted molar refractivity (Wildman–Crippen MR) is 93.6 cm³/mol. The zero-order valence-corrected chi connectivity index (χ0v) is 14.5. The molecule has 2 saturated carbocycles. The van der Waals surface area contributed by atoms with Crippen molar-refractivity contribution < 1.29 is 4.79 Å². The Labute approximate surface area is 142 Å². The Morgan fingerprint density at radius 3 is 2.35 bits per heavy atom. The summed E-state index contributed by atoms with van der Waals surface area (Å²) >= 11 is 1.79. The summed E-state index contributed by atoms with van der Waals surface area (Å²) in [5.74, 6) is 0.477. The Hall–Kier alpha value is -1.09. The van der Waals surface area contributed by atoms with Crippen molar-refractivity contribution in [1.29, 1.82) is 0 Å². The largest absolute Gasteiger partial charge is 0.335 e. The van der Waals surface area contributed by atoms with Gasteiger partial charge in [0.2, 0.25) is 5.91 Å². The van der Waals surface area contributed by atoms with E-state index >= 15 is 0 Å². The molecule has 5 rings (SSSR count). The fourth-order valence-electron chi connectivity index (χ4n) is 5.39. The van der Waals surface area contributed by atoms with Crippen LogP contribution in [0.4, 0.5) is 0 Å². The van der Waals surface area contributed by atoms with Crippen molar-refractivity contribution in [3.8, 4) is 0 Å². The molecule has 0 spiro atoms. The lowest BCUT2D eigenvalue weighted by atomic mass is 9.81. The zero-order valence-electron chi connectivity index (χ0n) is 13.7. The third kappa shape index (κ3) is 2.15. The maximum Gasteiger partial charge on any atom is 0.234 e. The third-order valence-electron chi connectivity index (χ3n) is 6.68. The monoisotopic (exact) mass is 327 g/mol. The number of carbonyl (C=O) groups is 1. The molecule has 122 valence electrons. The first-order valence-corrected chi connectivity index (χ1v) is 10.2. The fraction of sp³-hybridized carbons (Fsp3) is 0.650. The molecule has 2 saturated heterocycles. The van der Waals surface area contributed by atoms with E-state index in [1.807, 2.05) is 0 Å². The lowest BCUT2D eigenvalue weighted by Crippen LogP contribution is -2.52. The molecule has 2 nitrogen and oxygen atoms in total. The van der Waals surface area contributed by atoms with Gasteiger partial charge in [0, 0.05) is 17.0 Å². The SMILES string of the molecule is O=C(N1C2CCC1CC(=C1CC1)C2)C1(c2cccs2)CCCC1. The fourth-order valence-corrected chi connectivity index (χ4v) is 6.37. The van der Waals surface area contributed by atoms with Crippen molar-refractivity contribution in [2.24, 2.45) is 0 Å². The molecule has 2 aliphatic carbocycles. The summed E-state index contributed by atoms with van der Waals surface area (Å²) in [7, 11) is 0. The molecule has 23 heavy (non-hydrogen) atoms. The van der Waals surface area contributed by atoms with Crippen molar-refractivity contribution in [2.45, 2.75) is 81.7 Å². The van der Waals surface area contributed by atoms with Crippen LogP contribution in [0.3, 0.4) is 0 Å². The van der Waals surface area contributed by atoms with E-state index < -0.39 is 0 Å². The number of amides is 1. The topological polar surface area (TPSA) is 20.3 Å². The average Bonchev–Trinajstić information content (AvgIpc) is 2.98. The number of hydrogen-bond donors (Lipinski definition) is 0. The number of piperidine rings is 1. The molecule has 4 aliphatic rings. The van der Waals surface area contributed by atoms with E-state index in [4.69, 9.17) is 0 Å². The Morgan fingerprint density at radius 2 is 1.78 bits per heavy atom. The number of carbonyl (C=O) groups excluding carboxylic acids is 1. The van der Waals surface area contributed by atoms with E-state index in [0.717, 1.165) is 12.8 Å².